The Bertz CT molecular complexity index is 1410. The standard InChI is InChI=1S/C27H24N2O5S/c1-16-19(8-4-9-20(16)27(31)32)22-12-11-18(34-22)15-29-26-24(21-7-2-3-10-23(21)35-26)25(30)28-14-17-6-5-13-33-17/h4-6,8-9,11-13,15H,2-3,7,10,14H2,1H3,(H,28,30)(H,31,32). The Balaban J connectivity index is 1.41. The second-order valence-electron chi connectivity index (χ2n) is 8.40. The van der Waals surface area contributed by atoms with Crippen molar-refractivity contribution in [3.63, 3.8) is 0 Å². The topological polar surface area (TPSA) is 105 Å². The first kappa shape index (κ1) is 22.9. The minimum absolute atomic E-state index is 0.158. The molecule has 0 unspecified atom stereocenters. The van der Waals surface area contributed by atoms with Crippen LogP contribution in [-0.4, -0.2) is 23.2 Å². The summed E-state index contributed by atoms with van der Waals surface area (Å²) in [6, 6.07) is 12.3. The largest absolute Gasteiger partial charge is 0.478 e. The molecule has 0 saturated carbocycles. The van der Waals surface area contributed by atoms with E-state index >= 15 is 0 Å². The van der Waals surface area contributed by atoms with E-state index in [0.717, 1.165) is 31.2 Å². The SMILES string of the molecule is Cc1c(C(=O)O)cccc1-c1ccc(C=Nc2sc3c(c2C(=O)NCc2ccco2)CCCC3)o1. The number of aliphatic imine (C=N–C) groups is 1. The Morgan fingerprint density at radius 1 is 1.14 bits per heavy atom. The van der Waals surface area contributed by atoms with Crippen LogP contribution in [0, 0.1) is 6.92 Å². The van der Waals surface area contributed by atoms with Crippen molar-refractivity contribution in [2.45, 2.75) is 39.2 Å². The highest BCUT2D eigenvalue weighted by Gasteiger charge is 2.25. The molecule has 3 aromatic heterocycles. The van der Waals surface area contributed by atoms with Crippen LogP contribution in [0.3, 0.4) is 0 Å². The van der Waals surface area contributed by atoms with Gasteiger partial charge in [-0.3, -0.25) is 4.79 Å². The number of rotatable bonds is 7. The highest BCUT2D eigenvalue weighted by Crippen LogP contribution is 2.40. The fourth-order valence-corrected chi connectivity index (χ4v) is 5.60. The molecule has 1 aromatic carbocycles. The van der Waals surface area contributed by atoms with E-state index in [2.05, 4.69) is 10.3 Å². The van der Waals surface area contributed by atoms with E-state index < -0.39 is 5.97 Å². The fourth-order valence-electron chi connectivity index (χ4n) is 4.37. The molecule has 0 spiro atoms. The molecule has 178 valence electrons. The van der Waals surface area contributed by atoms with E-state index in [1.165, 1.54) is 4.88 Å². The molecule has 0 aliphatic heterocycles. The van der Waals surface area contributed by atoms with Crippen LogP contribution in [0.2, 0.25) is 0 Å². The van der Waals surface area contributed by atoms with Gasteiger partial charge >= 0.3 is 5.97 Å². The summed E-state index contributed by atoms with van der Waals surface area (Å²) < 4.78 is 11.3. The lowest BCUT2D eigenvalue weighted by Crippen LogP contribution is -2.23. The number of nitrogens with zero attached hydrogens (tertiary/aromatic N) is 1. The molecule has 0 bridgehead atoms. The van der Waals surface area contributed by atoms with Crippen LogP contribution in [0.4, 0.5) is 5.00 Å². The Hall–Kier alpha value is -3.91. The van der Waals surface area contributed by atoms with Crippen molar-refractivity contribution in [1.82, 2.24) is 5.32 Å². The number of carbonyl (C=O) groups excluding carboxylic acids is 1. The van der Waals surface area contributed by atoms with Gasteiger partial charge in [0.05, 0.1) is 30.1 Å². The highest BCUT2D eigenvalue weighted by molar-refractivity contribution is 7.16. The number of benzene rings is 1. The molecule has 1 amide bonds. The highest BCUT2D eigenvalue weighted by atomic mass is 32.1. The molecule has 4 aromatic rings. The van der Waals surface area contributed by atoms with E-state index in [1.54, 1.807) is 61.1 Å². The summed E-state index contributed by atoms with van der Waals surface area (Å²) in [5, 5.41) is 13.0. The average molecular weight is 489 g/mol. The molecule has 0 atom stereocenters. The van der Waals surface area contributed by atoms with Gasteiger partial charge in [0.25, 0.3) is 5.91 Å². The van der Waals surface area contributed by atoms with Crippen LogP contribution in [-0.2, 0) is 19.4 Å². The molecule has 0 saturated heterocycles. The number of fused-ring (bicyclic) bond motifs is 1. The zero-order valence-electron chi connectivity index (χ0n) is 19.2. The van der Waals surface area contributed by atoms with Crippen LogP contribution in [0.5, 0.6) is 0 Å². The van der Waals surface area contributed by atoms with E-state index in [0.29, 0.717) is 45.5 Å². The maximum atomic E-state index is 13.1. The summed E-state index contributed by atoms with van der Waals surface area (Å²) in [6.45, 7) is 2.08. The molecular formula is C27H24N2O5S. The molecule has 2 N–H and O–H groups in total. The number of furan rings is 2. The second kappa shape index (κ2) is 9.76. The van der Waals surface area contributed by atoms with Crippen molar-refractivity contribution in [2.75, 3.05) is 0 Å². The van der Waals surface area contributed by atoms with E-state index in [4.69, 9.17) is 8.83 Å². The summed E-state index contributed by atoms with van der Waals surface area (Å²) in [5.74, 6) is 0.645. The first-order valence-corrected chi connectivity index (χ1v) is 12.2. The monoisotopic (exact) mass is 488 g/mol. The molecule has 1 aliphatic carbocycles. The Kier molecular flexibility index (Phi) is 6.37. The zero-order chi connectivity index (χ0) is 24.4. The Morgan fingerprint density at radius 2 is 2.00 bits per heavy atom. The molecule has 0 radical (unpaired) electrons. The normalized spacial score (nSPS) is 13.2. The minimum atomic E-state index is -0.975. The second-order valence-corrected chi connectivity index (χ2v) is 9.48. The molecule has 3 heterocycles. The zero-order valence-corrected chi connectivity index (χ0v) is 20.0. The quantitative estimate of drug-likeness (QED) is 0.303. The van der Waals surface area contributed by atoms with Crippen molar-refractivity contribution < 1.29 is 23.5 Å². The number of carboxylic acids is 1. The fraction of sp³-hybridized carbons (Fsp3) is 0.222. The van der Waals surface area contributed by atoms with Gasteiger partial charge in [0.15, 0.2) is 0 Å². The van der Waals surface area contributed by atoms with Crippen molar-refractivity contribution in [3.8, 4) is 11.3 Å². The van der Waals surface area contributed by atoms with E-state index in [-0.39, 0.29) is 11.5 Å². The number of carboxylic acid groups (broad SMARTS) is 1. The number of thiophene rings is 1. The smallest absolute Gasteiger partial charge is 0.335 e. The number of nitrogens with one attached hydrogen (secondary N) is 1. The summed E-state index contributed by atoms with van der Waals surface area (Å²) in [5.41, 5.74) is 3.31. The summed E-state index contributed by atoms with van der Waals surface area (Å²) in [6.07, 6.45) is 7.19. The number of aryl methyl sites for hydroxylation is 1. The number of amides is 1. The number of carbonyl (C=O) groups is 2. The van der Waals surface area contributed by atoms with Gasteiger partial charge in [0, 0.05) is 10.4 Å². The lowest BCUT2D eigenvalue weighted by atomic mass is 9.95. The summed E-state index contributed by atoms with van der Waals surface area (Å²) in [4.78, 5) is 30.5. The van der Waals surface area contributed by atoms with E-state index in [1.807, 2.05) is 12.1 Å². The maximum absolute atomic E-state index is 13.1. The molecule has 8 heteroatoms. The van der Waals surface area contributed by atoms with Crippen molar-refractivity contribution >= 4 is 34.4 Å². The third kappa shape index (κ3) is 4.70. The molecule has 0 fully saturated rings. The van der Waals surface area contributed by atoms with Gasteiger partial charge in [-0.15, -0.1) is 11.3 Å². The van der Waals surface area contributed by atoms with Gasteiger partial charge in [-0.05, 0) is 74.1 Å². The van der Waals surface area contributed by atoms with Crippen LogP contribution >= 0.6 is 11.3 Å². The van der Waals surface area contributed by atoms with Crippen molar-refractivity contribution in [3.05, 3.63) is 87.4 Å². The van der Waals surface area contributed by atoms with Crippen molar-refractivity contribution in [1.29, 1.82) is 0 Å². The number of hydrogen-bond acceptors (Lipinski definition) is 6. The summed E-state index contributed by atoms with van der Waals surface area (Å²) >= 11 is 1.55. The first-order valence-electron chi connectivity index (χ1n) is 11.4. The third-order valence-electron chi connectivity index (χ3n) is 6.15. The first-order chi connectivity index (χ1) is 17.0. The van der Waals surface area contributed by atoms with Crippen LogP contribution < -0.4 is 5.32 Å². The van der Waals surface area contributed by atoms with Crippen LogP contribution in [0.1, 0.15) is 61.1 Å². The molecule has 5 rings (SSSR count). The molecule has 35 heavy (non-hydrogen) atoms. The van der Waals surface area contributed by atoms with Gasteiger partial charge in [-0.2, -0.15) is 0 Å². The van der Waals surface area contributed by atoms with Crippen LogP contribution in [0.25, 0.3) is 11.3 Å². The predicted molar refractivity (Wildman–Crippen MR) is 134 cm³/mol. The van der Waals surface area contributed by atoms with Gasteiger partial charge in [-0.25, -0.2) is 9.79 Å². The van der Waals surface area contributed by atoms with Crippen molar-refractivity contribution in [2.24, 2.45) is 4.99 Å². The molecule has 1 aliphatic rings. The van der Waals surface area contributed by atoms with Gasteiger partial charge in [0.1, 0.15) is 22.3 Å². The molecular weight excluding hydrogens is 464 g/mol. The van der Waals surface area contributed by atoms with Crippen LogP contribution in [0.15, 0.2) is 62.6 Å². The van der Waals surface area contributed by atoms with Gasteiger partial charge in [-0.1, -0.05) is 12.1 Å². The predicted octanol–water partition coefficient (Wildman–Crippen LogP) is 6.17. The Morgan fingerprint density at radius 3 is 2.80 bits per heavy atom. The lowest BCUT2D eigenvalue weighted by Gasteiger charge is -2.12. The van der Waals surface area contributed by atoms with Gasteiger partial charge in [0.2, 0.25) is 0 Å². The number of aromatic carboxylic acids is 1. The number of hydrogen-bond donors (Lipinski definition) is 2. The third-order valence-corrected chi connectivity index (χ3v) is 7.35. The molecule has 7 nitrogen and oxygen atoms in total. The summed E-state index contributed by atoms with van der Waals surface area (Å²) in [7, 11) is 0. The maximum Gasteiger partial charge on any atom is 0.335 e. The van der Waals surface area contributed by atoms with Gasteiger partial charge < -0.3 is 19.3 Å². The van der Waals surface area contributed by atoms with E-state index in [9.17, 15) is 14.7 Å². The lowest BCUT2D eigenvalue weighted by molar-refractivity contribution is 0.0696. The average Bonchev–Trinajstić information content (AvgIpc) is 3.61. The Labute approximate surface area is 206 Å². The minimum Gasteiger partial charge on any atom is -0.478 e.